The van der Waals surface area contributed by atoms with E-state index in [0.29, 0.717) is 5.41 Å². The molecule has 0 saturated heterocycles. The molecule has 3 rings (SSSR count). The summed E-state index contributed by atoms with van der Waals surface area (Å²) in [5, 5.41) is 0. The highest BCUT2D eigenvalue weighted by Gasteiger charge is 2.38. The molecule has 0 amide bonds. The number of halogens is 4. The van der Waals surface area contributed by atoms with Gasteiger partial charge in [-0.25, -0.2) is 4.39 Å². The standard InChI is InChI=1S/C31H48F4/c1-2-3-4-5-6-9-18-29(19-10-7-11-20-29)21-14-15-24-30(22-12-8-13-23-30)26-16-17-27(28(32)25-26)31(33,34)35/h16-17,25H,2-15,18-24H2,1H3. The quantitative estimate of drug-likeness (QED) is 0.188. The molecule has 0 spiro atoms. The molecule has 0 N–H and O–H groups in total. The van der Waals surface area contributed by atoms with Gasteiger partial charge in [0.1, 0.15) is 5.82 Å². The van der Waals surface area contributed by atoms with Gasteiger partial charge in [-0.05, 0) is 73.5 Å². The molecule has 0 aliphatic heterocycles. The van der Waals surface area contributed by atoms with Crippen LogP contribution in [-0.4, -0.2) is 0 Å². The maximum absolute atomic E-state index is 14.4. The molecule has 4 heteroatoms. The Morgan fingerprint density at radius 1 is 0.686 bits per heavy atom. The third-order valence-electron chi connectivity index (χ3n) is 9.28. The van der Waals surface area contributed by atoms with Crippen molar-refractivity contribution in [3.05, 3.63) is 35.1 Å². The summed E-state index contributed by atoms with van der Waals surface area (Å²) in [5.74, 6) is -1.11. The van der Waals surface area contributed by atoms with Crippen molar-refractivity contribution in [2.24, 2.45) is 5.41 Å². The average molecular weight is 497 g/mol. The second-order valence-corrected chi connectivity index (χ2v) is 11.8. The van der Waals surface area contributed by atoms with Gasteiger partial charge < -0.3 is 0 Å². The predicted octanol–water partition coefficient (Wildman–Crippen LogP) is 11.3. The molecule has 0 unspecified atom stereocenters. The zero-order valence-electron chi connectivity index (χ0n) is 22.1. The Kier molecular flexibility index (Phi) is 11.0. The molecule has 35 heavy (non-hydrogen) atoms. The summed E-state index contributed by atoms with van der Waals surface area (Å²) in [6.45, 7) is 2.27. The molecule has 0 atom stereocenters. The molecule has 2 aliphatic carbocycles. The highest BCUT2D eigenvalue weighted by Crippen LogP contribution is 2.47. The summed E-state index contributed by atoms with van der Waals surface area (Å²) in [5.41, 5.74) is 0.0223. The highest BCUT2D eigenvalue weighted by molar-refractivity contribution is 5.32. The summed E-state index contributed by atoms with van der Waals surface area (Å²) in [6, 6.07) is 3.74. The second-order valence-electron chi connectivity index (χ2n) is 11.8. The number of hydrogen-bond donors (Lipinski definition) is 0. The van der Waals surface area contributed by atoms with Gasteiger partial charge in [0.15, 0.2) is 0 Å². The van der Waals surface area contributed by atoms with E-state index in [1.54, 1.807) is 6.07 Å². The minimum Gasteiger partial charge on any atom is -0.206 e. The zero-order valence-corrected chi connectivity index (χ0v) is 22.1. The Balaban J connectivity index is 1.58. The summed E-state index contributed by atoms with van der Waals surface area (Å²) >= 11 is 0. The first kappa shape index (κ1) is 28.5. The van der Waals surface area contributed by atoms with E-state index in [9.17, 15) is 17.6 Å². The number of alkyl halides is 3. The summed E-state index contributed by atoms with van der Waals surface area (Å²) in [6.07, 6.45) is 21.6. The summed E-state index contributed by atoms with van der Waals surface area (Å²) in [4.78, 5) is 0. The molecule has 2 saturated carbocycles. The van der Waals surface area contributed by atoms with Gasteiger partial charge in [-0.2, -0.15) is 13.2 Å². The fourth-order valence-corrected chi connectivity index (χ4v) is 7.16. The van der Waals surface area contributed by atoms with Crippen molar-refractivity contribution in [2.45, 2.75) is 153 Å². The van der Waals surface area contributed by atoms with Crippen molar-refractivity contribution in [2.75, 3.05) is 0 Å². The van der Waals surface area contributed by atoms with Crippen LogP contribution in [0.4, 0.5) is 17.6 Å². The van der Waals surface area contributed by atoms with Crippen molar-refractivity contribution in [1.82, 2.24) is 0 Å². The van der Waals surface area contributed by atoms with Crippen molar-refractivity contribution < 1.29 is 17.6 Å². The van der Waals surface area contributed by atoms with Gasteiger partial charge >= 0.3 is 6.18 Å². The first-order valence-electron chi connectivity index (χ1n) is 14.7. The molecule has 0 bridgehead atoms. The number of benzene rings is 1. The molecule has 0 heterocycles. The van der Waals surface area contributed by atoms with Gasteiger partial charge in [0.05, 0.1) is 5.56 Å². The third kappa shape index (κ3) is 8.22. The van der Waals surface area contributed by atoms with E-state index < -0.39 is 17.6 Å². The molecule has 2 aliphatic rings. The van der Waals surface area contributed by atoms with Crippen LogP contribution in [0, 0.1) is 11.2 Å². The lowest BCUT2D eigenvalue weighted by molar-refractivity contribution is -0.140. The van der Waals surface area contributed by atoms with Crippen LogP contribution < -0.4 is 0 Å². The first-order valence-corrected chi connectivity index (χ1v) is 14.7. The Hall–Kier alpha value is -1.06. The smallest absolute Gasteiger partial charge is 0.206 e. The Bertz CT molecular complexity index is 739. The molecule has 1 aromatic rings. The second kappa shape index (κ2) is 13.5. The summed E-state index contributed by atoms with van der Waals surface area (Å²) < 4.78 is 53.8. The predicted molar refractivity (Wildman–Crippen MR) is 138 cm³/mol. The highest BCUT2D eigenvalue weighted by atomic mass is 19.4. The van der Waals surface area contributed by atoms with Crippen LogP contribution in [0.5, 0.6) is 0 Å². The molecule has 200 valence electrons. The van der Waals surface area contributed by atoms with E-state index in [4.69, 9.17) is 0 Å². The van der Waals surface area contributed by atoms with Crippen LogP contribution in [0.3, 0.4) is 0 Å². The van der Waals surface area contributed by atoms with Crippen molar-refractivity contribution in [1.29, 1.82) is 0 Å². The van der Waals surface area contributed by atoms with Gasteiger partial charge in [0.25, 0.3) is 0 Å². The third-order valence-corrected chi connectivity index (χ3v) is 9.28. The topological polar surface area (TPSA) is 0 Å². The largest absolute Gasteiger partial charge is 0.419 e. The van der Waals surface area contributed by atoms with Crippen molar-refractivity contribution >= 4 is 0 Å². The van der Waals surface area contributed by atoms with E-state index in [0.717, 1.165) is 50.2 Å². The minimum absolute atomic E-state index is 0.151. The van der Waals surface area contributed by atoms with Crippen LogP contribution in [0.25, 0.3) is 0 Å². The van der Waals surface area contributed by atoms with Crippen LogP contribution >= 0.6 is 0 Å². The molecule has 2 fully saturated rings. The molecule has 0 radical (unpaired) electrons. The lowest BCUT2D eigenvalue weighted by Gasteiger charge is -2.40. The lowest BCUT2D eigenvalue weighted by atomic mass is 9.65. The van der Waals surface area contributed by atoms with E-state index >= 15 is 0 Å². The Morgan fingerprint density at radius 3 is 1.83 bits per heavy atom. The first-order chi connectivity index (χ1) is 16.8. The Labute approximate surface area is 211 Å². The number of rotatable bonds is 13. The van der Waals surface area contributed by atoms with Gasteiger partial charge in [-0.1, -0.05) is 103 Å². The number of unbranched alkanes of at least 4 members (excludes halogenated alkanes) is 6. The molecular weight excluding hydrogens is 448 g/mol. The van der Waals surface area contributed by atoms with Gasteiger partial charge in [0.2, 0.25) is 0 Å². The van der Waals surface area contributed by atoms with E-state index in [1.165, 1.54) is 102 Å². The van der Waals surface area contributed by atoms with Gasteiger partial charge in [-0.15, -0.1) is 0 Å². The van der Waals surface area contributed by atoms with Crippen LogP contribution in [0.1, 0.15) is 153 Å². The monoisotopic (exact) mass is 496 g/mol. The van der Waals surface area contributed by atoms with Crippen LogP contribution in [0.2, 0.25) is 0 Å². The summed E-state index contributed by atoms with van der Waals surface area (Å²) in [7, 11) is 0. The Morgan fingerprint density at radius 2 is 1.23 bits per heavy atom. The average Bonchev–Trinajstić information content (AvgIpc) is 2.84. The maximum atomic E-state index is 14.4. The molecular formula is C31H48F4. The van der Waals surface area contributed by atoms with E-state index in [1.807, 2.05) is 0 Å². The van der Waals surface area contributed by atoms with Crippen molar-refractivity contribution in [3.8, 4) is 0 Å². The SMILES string of the molecule is CCCCCCCCC1(CCCCC2(c3ccc(C(F)(F)F)c(F)c3)CCCCC2)CCCCC1. The van der Waals surface area contributed by atoms with E-state index in [2.05, 4.69) is 6.92 Å². The van der Waals surface area contributed by atoms with Gasteiger partial charge in [-0.3, -0.25) is 0 Å². The van der Waals surface area contributed by atoms with Crippen molar-refractivity contribution in [3.63, 3.8) is 0 Å². The lowest BCUT2D eigenvalue weighted by Crippen LogP contribution is -2.30. The normalized spacial score (nSPS) is 20.1. The molecule has 0 aromatic heterocycles. The zero-order chi connectivity index (χ0) is 25.2. The maximum Gasteiger partial charge on any atom is 0.419 e. The van der Waals surface area contributed by atoms with Crippen LogP contribution in [0.15, 0.2) is 18.2 Å². The molecule has 1 aromatic carbocycles. The molecule has 0 nitrogen and oxygen atoms in total. The fraction of sp³-hybridized carbons (Fsp3) is 0.806. The van der Waals surface area contributed by atoms with Gasteiger partial charge in [0, 0.05) is 0 Å². The fourth-order valence-electron chi connectivity index (χ4n) is 7.16. The van der Waals surface area contributed by atoms with E-state index in [-0.39, 0.29) is 5.41 Å². The minimum atomic E-state index is -4.63. The van der Waals surface area contributed by atoms with Crippen LogP contribution in [-0.2, 0) is 11.6 Å². The number of hydrogen-bond acceptors (Lipinski definition) is 0.